The van der Waals surface area contributed by atoms with E-state index >= 15 is 0 Å². The van der Waals surface area contributed by atoms with Crippen LogP contribution in [0.15, 0.2) is 0 Å². The molecule has 1 saturated carbocycles. The molecule has 5 heteroatoms. The van der Waals surface area contributed by atoms with Gasteiger partial charge in [-0.15, -0.1) is 0 Å². The van der Waals surface area contributed by atoms with Gasteiger partial charge in [0.1, 0.15) is 5.54 Å². The molecule has 0 aliphatic heterocycles. The Labute approximate surface area is 95.2 Å². The van der Waals surface area contributed by atoms with Crippen molar-refractivity contribution in [1.29, 1.82) is 0 Å². The molecule has 0 unspecified atom stereocenters. The van der Waals surface area contributed by atoms with Gasteiger partial charge in [-0.25, -0.2) is 0 Å². The molecule has 0 radical (unpaired) electrons. The Morgan fingerprint density at radius 3 is 2.50 bits per heavy atom. The third-order valence-corrected chi connectivity index (χ3v) is 2.96. The molecule has 16 heavy (non-hydrogen) atoms. The largest absolute Gasteiger partial charge is 0.480 e. The average Bonchev–Trinajstić information content (AvgIpc) is 2.68. The highest BCUT2D eigenvalue weighted by atomic mass is 16.5. The Kier molecular flexibility index (Phi) is 4.73. The highest BCUT2D eigenvalue weighted by Gasteiger charge is 2.40. The second-order valence-electron chi connectivity index (χ2n) is 4.08. The quantitative estimate of drug-likeness (QED) is 0.662. The van der Waals surface area contributed by atoms with E-state index in [1.807, 2.05) is 0 Å². The maximum atomic E-state index is 11.1. The molecule has 5 nitrogen and oxygen atoms in total. The lowest BCUT2D eigenvalue weighted by Gasteiger charge is -2.25. The number of rotatable bonds is 6. The van der Waals surface area contributed by atoms with Crippen LogP contribution < -0.4 is 5.32 Å². The molecular weight excluding hydrogens is 210 g/mol. The van der Waals surface area contributed by atoms with Crippen molar-refractivity contribution in [3.8, 4) is 0 Å². The third kappa shape index (κ3) is 3.20. The number of carboxylic acid groups (broad SMARTS) is 1. The number of ether oxygens (including phenoxy) is 1. The van der Waals surface area contributed by atoms with E-state index in [0.29, 0.717) is 26.0 Å². The average molecular weight is 229 g/mol. The van der Waals surface area contributed by atoms with Crippen molar-refractivity contribution in [1.82, 2.24) is 5.32 Å². The highest BCUT2D eigenvalue weighted by molar-refractivity contribution is 5.79. The van der Waals surface area contributed by atoms with E-state index in [-0.39, 0.29) is 12.4 Å². The predicted octanol–water partition coefficient (Wildman–Crippen LogP) is 0.927. The lowest BCUT2D eigenvalue weighted by atomic mass is 9.98. The van der Waals surface area contributed by atoms with Gasteiger partial charge in [0.25, 0.3) is 0 Å². The van der Waals surface area contributed by atoms with Crippen molar-refractivity contribution < 1.29 is 19.4 Å². The number of nitrogens with one attached hydrogen (secondary N) is 1. The van der Waals surface area contributed by atoms with Crippen LogP contribution in [0.1, 0.15) is 39.0 Å². The van der Waals surface area contributed by atoms with Crippen molar-refractivity contribution in [3.63, 3.8) is 0 Å². The maximum Gasteiger partial charge on any atom is 0.323 e. The normalized spacial score (nSPS) is 18.3. The summed E-state index contributed by atoms with van der Waals surface area (Å²) in [6.45, 7) is 2.48. The van der Waals surface area contributed by atoms with Crippen LogP contribution in [-0.4, -0.2) is 35.7 Å². The molecule has 0 bridgehead atoms. The predicted molar refractivity (Wildman–Crippen MR) is 58.1 cm³/mol. The van der Waals surface area contributed by atoms with Crippen LogP contribution in [0.2, 0.25) is 0 Å². The Morgan fingerprint density at radius 2 is 2.00 bits per heavy atom. The zero-order valence-corrected chi connectivity index (χ0v) is 9.62. The molecule has 0 aromatic carbocycles. The van der Waals surface area contributed by atoms with E-state index in [2.05, 4.69) is 5.32 Å². The number of hydrogen-bond donors (Lipinski definition) is 2. The van der Waals surface area contributed by atoms with Crippen LogP contribution in [0, 0.1) is 0 Å². The fourth-order valence-corrected chi connectivity index (χ4v) is 2.08. The molecule has 1 aliphatic carbocycles. The topological polar surface area (TPSA) is 75.6 Å². The molecule has 1 aliphatic rings. The molecule has 0 aromatic rings. The van der Waals surface area contributed by atoms with Gasteiger partial charge in [-0.05, 0) is 19.8 Å². The Hall–Kier alpha value is -1.10. The molecule has 0 heterocycles. The molecule has 92 valence electrons. The van der Waals surface area contributed by atoms with Gasteiger partial charge in [-0.2, -0.15) is 0 Å². The SMILES string of the molecule is CCOC(=O)CCNC1(C(=O)O)CCCC1. The Morgan fingerprint density at radius 1 is 1.38 bits per heavy atom. The first-order valence-electron chi connectivity index (χ1n) is 5.75. The lowest BCUT2D eigenvalue weighted by Crippen LogP contribution is -2.50. The first-order valence-corrected chi connectivity index (χ1v) is 5.75. The van der Waals surface area contributed by atoms with E-state index in [0.717, 1.165) is 12.8 Å². The minimum Gasteiger partial charge on any atom is -0.480 e. The molecule has 0 spiro atoms. The Balaban J connectivity index is 2.34. The van der Waals surface area contributed by atoms with Crippen molar-refractivity contribution >= 4 is 11.9 Å². The van der Waals surface area contributed by atoms with Crippen LogP contribution in [0.4, 0.5) is 0 Å². The summed E-state index contributed by atoms with van der Waals surface area (Å²) in [5.74, 6) is -1.10. The van der Waals surface area contributed by atoms with E-state index in [1.54, 1.807) is 6.92 Å². The summed E-state index contributed by atoms with van der Waals surface area (Å²) in [6.07, 6.45) is 3.37. The summed E-state index contributed by atoms with van der Waals surface area (Å²) in [5.41, 5.74) is -0.813. The second kappa shape index (κ2) is 5.84. The van der Waals surface area contributed by atoms with Gasteiger partial charge in [0.05, 0.1) is 13.0 Å². The summed E-state index contributed by atoms with van der Waals surface area (Å²) in [4.78, 5) is 22.2. The third-order valence-electron chi connectivity index (χ3n) is 2.96. The van der Waals surface area contributed by atoms with Crippen molar-refractivity contribution in [2.45, 2.75) is 44.6 Å². The standard InChI is InChI=1S/C11H19NO4/c1-2-16-9(13)5-8-12-11(10(14)15)6-3-4-7-11/h12H,2-8H2,1H3,(H,14,15). The van der Waals surface area contributed by atoms with E-state index in [4.69, 9.17) is 9.84 Å². The molecule has 1 rings (SSSR count). The summed E-state index contributed by atoms with van der Waals surface area (Å²) in [5, 5.41) is 12.1. The van der Waals surface area contributed by atoms with Crippen molar-refractivity contribution in [3.05, 3.63) is 0 Å². The number of carboxylic acids is 1. The fourth-order valence-electron chi connectivity index (χ4n) is 2.08. The van der Waals surface area contributed by atoms with Gasteiger partial charge in [-0.3, -0.25) is 9.59 Å². The minimum absolute atomic E-state index is 0.225. The molecular formula is C11H19NO4. The van der Waals surface area contributed by atoms with Crippen LogP contribution in [0.3, 0.4) is 0 Å². The molecule has 0 amide bonds. The van der Waals surface area contributed by atoms with Gasteiger partial charge >= 0.3 is 11.9 Å². The summed E-state index contributed by atoms with van der Waals surface area (Å²) < 4.78 is 4.77. The highest BCUT2D eigenvalue weighted by Crippen LogP contribution is 2.29. The number of hydrogen-bond acceptors (Lipinski definition) is 4. The number of aliphatic carboxylic acids is 1. The second-order valence-corrected chi connectivity index (χ2v) is 4.08. The maximum absolute atomic E-state index is 11.1. The smallest absolute Gasteiger partial charge is 0.323 e. The van der Waals surface area contributed by atoms with Crippen LogP contribution in [0.5, 0.6) is 0 Å². The number of esters is 1. The van der Waals surface area contributed by atoms with Gasteiger partial charge in [-0.1, -0.05) is 12.8 Å². The van der Waals surface area contributed by atoms with Crippen molar-refractivity contribution in [2.24, 2.45) is 0 Å². The first-order chi connectivity index (χ1) is 7.60. The van der Waals surface area contributed by atoms with E-state index in [1.165, 1.54) is 0 Å². The number of carbonyl (C=O) groups excluding carboxylic acids is 1. The molecule has 0 saturated heterocycles. The molecule has 0 atom stereocenters. The van der Waals surface area contributed by atoms with Crippen LogP contribution >= 0.6 is 0 Å². The lowest BCUT2D eigenvalue weighted by molar-refractivity contribution is -0.146. The summed E-state index contributed by atoms with van der Waals surface area (Å²) in [7, 11) is 0. The molecule has 1 fully saturated rings. The summed E-state index contributed by atoms with van der Waals surface area (Å²) >= 11 is 0. The van der Waals surface area contributed by atoms with Gasteiger partial charge in [0.15, 0.2) is 0 Å². The molecule has 0 aromatic heterocycles. The minimum atomic E-state index is -0.813. The number of carbonyl (C=O) groups is 2. The van der Waals surface area contributed by atoms with Gasteiger partial charge in [0.2, 0.25) is 0 Å². The van der Waals surface area contributed by atoms with Gasteiger partial charge < -0.3 is 15.2 Å². The van der Waals surface area contributed by atoms with Crippen molar-refractivity contribution in [2.75, 3.05) is 13.2 Å². The van der Waals surface area contributed by atoms with E-state index < -0.39 is 11.5 Å². The zero-order chi connectivity index (χ0) is 12.0. The van der Waals surface area contributed by atoms with E-state index in [9.17, 15) is 9.59 Å². The molecule has 2 N–H and O–H groups in total. The zero-order valence-electron chi connectivity index (χ0n) is 9.62. The summed E-state index contributed by atoms with van der Waals surface area (Å²) in [6, 6.07) is 0. The monoisotopic (exact) mass is 229 g/mol. The van der Waals surface area contributed by atoms with Crippen LogP contribution in [0.25, 0.3) is 0 Å². The Bertz CT molecular complexity index is 259. The van der Waals surface area contributed by atoms with Crippen LogP contribution in [-0.2, 0) is 14.3 Å². The fraction of sp³-hybridized carbons (Fsp3) is 0.818. The van der Waals surface area contributed by atoms with Gasteiger partial charge in [0, 0.05) is 6.54 Å². The first kappa shape index (κ1) is 13.0.